The minimum absolute atomic E-state index is 0.0539. The zero-order valence-electron chi connectivity index (χ0n) is 17.9. The van der Waals surface area contributed by atoms with Crippen LogP contribution in [0.3, 0.4) is 0 Å². The Balaban J connectivity index is 1.63. The van der Waals surface area contributed by atoms with E-state index in [4.69, 9.17) is 16.3 Å². The van der Waals surface area contributed by atoms with Gasteiger partial charge in [-0.25, -0.2) is 8.42 Å². The molecule has 2 aromatic carbocycles. The molecule has 4 rings (SSSR count). The summed E-state index contributed by atoms with van der Waals surface area (Å²) in [6.07, 6.45) is 0.254. The number of benzene rings is 2. The summed E-state index contributed by atoms with van der Waals surface area (Å²) >= 11 is 6.04. The number of ether oxygens (including phenoxy) is 1. The van der Waals surface area contributed by atoms with E-state index in [1.807, 2.05) is 6.92 Å². The highest BCUT2D eigenvalue weighted by atomic mass is 35.5. The van der Waals surface area contributed by atoms with E-state index >= 15 is 0 Å². The highest BCUT2D eigenvalue weighted by molar-refractivity contribution is 7.89. The third-order valence-corrected chi connectivity index (χ3v) is 8.04. The van der Waals surface area contributed by atoms with Crippen LogP contribution >= 0.6 is 11.6 Å². The number of carbonyl (C=O) groups is 2. The van der Waals surface area contributed by atoms with Gasteiger partial charge < -0.3 is 15.4 Å². The maximum absolute atomic E-state index is 13.6. The molecule has 2 aromatic rings. The van der Waals surface area contributed by atoms with Crippen molar-refractivity contribution in [2.45, 2.75) is 50.7 Å². The smallest absolute Gasteiger partial charge is 0.265 e. The molecule has 10 heteroatoms. The number of aryl methyl sites for hydroxylation is 2. The third-order valence-electron chi connectivity index (χ3n) is 5.76. The van der Waals surface area contributed by atoms with Gasteiger partial charge in [0.15, 0.2) is 6.10 Å². The molecule has 0 bridgehead atoms. The van der Waals surface area contributed by atoms with Gasteiger partial charge in [0, 0.05) is 23.3 Å². The van der Waals surface area contributed by atoms with E-state index in [2.05, 4.69) is 10.6 Å². The number of nitrogens with one attached hydrogen (secondary N) is 2. The van der Waals surface area contributed by atoms with Crippen molar-refractivity contribution in [3.05, 3.63) is 46.5 Å². The van der Waals surface area contributed by atoms with Gasteiger partial charge in [-0.15, -0.1) is 0 Å². The Bertz CT molecular complexity index is 1210. The summed E-state index contributed by atoms with van der Waals surface area (Å²) in [4.78, 5) is 24.9. The number of hydrogen-bond acceptors (Lipinski definition) is 5. The number of nitrogens with zero attached hydrogens (tertiary/aromatic N) is 1. The second-order valence-corrected chi connectivity index (χ2v) is 10.4. The average Bonchev–Trinajstić information content (AvgIpc) is 3.22. The maximum atomic E-state index is 13.6. The number of anilines is 2. The number of rotatable bonds is 4. The summed E-state index contributed by atoms with van der Waals surface area (Å²) in [5.41, 5.74) is 2.26. The fourth-order valence-corrected chi connectivity index (χ4v) is 6.03. The standard InChI is InChI=1S/C22H24ClN3O5S/c1-12-6-7-15(23)10-16(12)24-22(28)18-5-4-8-26(18)32(29,30)20-11-19-17(9-13(20)2)25-21(27)14(3)31-19/h6-7,9-11,14,18H,4-5,8H2,1-3H3,(H,24,28)(H,25,27)/t14-,18+/m0/s1. The number of hydrogen-bond donors (Lipinski definition) is 2. The van der Waals surface area contributed by atoms with Crippen molar-refractivity contribution in [2.75, 3.05) is 17.2 Å². The molecule has 0 saturated carbocycles. The number of fused-ring (bicyclic) bond motifs is 1. The zero-order valence-corrected chi connectivity index (χ0v) is 19.5. The van der Waals surface area contributed by atoms with Gasteiger partial charge in [0.25, 0.3) is 5.91 Å². The molecule has 2 aliphatic rings. The first-order valence-electron chi connectivity index (χ1n) is 10.3. The van der Waals surface area contributed by atoms with Crippen LogP contribution in [0.25, 0.3) is 0 Å². The molecule has 2 aliphatic heterocycles. The van der Waals surface area contributed by atoms with Gasteiger partial charge in [-0.2, -0.15) is 4.31 Å². The summed E-state index contributed by atoms with van der Waals surface area (Å²) in [6.45, 7) is 5.31. The van der Waals surface area contributed by atoms with Crippen molar-refractivity contribution < 1.29 is 22.7 Å². The van der Waals surface area contributed by atoms with Crippen LogP contribution in [-0.2, 0) is 19.6 Å². The molecule has 8 nitrogen and oxygen atoms in total. The summed E-state index contributed by atoms with van der Waals surface area (Å²) in [5, 5.41) is 6.02. The SMILES string of the molecule is Cc1ccc(Cl)cc1NC(=O)[C@H]1CCCN1S(=O)(=O)c1cc2c(cc1C)NC(=O)[C@H](C)O2. The fraction of sp³-hybridized carbons (Fsp3) is 0.364. The first-order valence-corrected chi connectivity index (χ1v) is 12.1. The number of sulfonamides is 1. The Morgan fingerprint density at radius 2 is 1.97 bits per heavy atom. The van der Waals surface area contributed by atoms with Crippen LogP contribution in [0.5, 0.6) is 5.75 Å². The highest BCUT2D eigenvalue weighted by Gasteiger charge is 2.41. The molecule has 1 saturated heterocycles. The van der Waals surface area contributed by atoms with E-state index in [1.165, 1.54) is 10.4 Å². The molecule has 0 unspecified atom stereocenters. The van der Waals surface area contributed by atoms with Crippen molar-refractivity contribution >= 4 is 44.8 Å². The molecule has 2 amide bonds. The van der Waals surface area contributed by atoms with Crippen LogP contribution in [0.1, 0.15) is 30.9 Å². The number of carbonyl (C=O) groups excluding carboxylic acids is 2. The minimum Gasteiger partial charge on any atom is -0.479 e. The summed E-state index contributed by atoms with van der Waals surface area (Å²) < 4.78 is 33.9. The first-order chi connectivity index (χ1) is 15.1. The summed E-state index contributed by atoms with van der Waals surface area (Å²) in [6, 6.07) is 7.31. The van der Waals surface area contributed by atoms with Gasteiger partial charge in [0.2, 0.25) is 15.9 Å². The van der Waals surface area contributed by atoms with Crippen LogP contribution in [0, 0.1) is 13.8 Å². The largest absolute Gasteiger partial charge is 0.479 e. The average molecular weight is 478 g/mol. The van der Waals surface area contributed by atoms with Gasteiger partial charge in [-0.05, 0) is 62.9 Å². The fourth-order valence-electron chi connectivity index (χ4n) is 3.98. The lowest BCUT2D eigenvalue weighted by molar-refractivity contribution is -0.122. The van der Waals surface area contributed by atoms with Gasteiger partial charge in [0.1, 0.15) is 11.8 Å². The lowest BCUT2D eigenvalue weighted by Gasteiger charge is -2.27. The molecule has 170 valence electrons. The van der Waals surface area contributed by atoms with E-state index < -0.39 is 28.1 Å². The van der Waals surface area contributed by atoms with Crippen LogP contribution in [-0.4, -0.2) is 43.2 Å². The topological polar surface area (TPSA) is 105 Å². The maximum Gasteiger partial charge on any atom is 0.265 e. The zero-order chi connectivity index (χ0) is 23.2. The predicted octanol–water partition coefficient (Wildman–Crippen LogP) is 3.47. The molecule has 1 fully saturated rings. The monoisotopic (exact) mass is 477 g/mol. The van der Waals surface area contributed by atoms with E-state index in [0.29, 0.717) is 34.8 Å². The lowest BCUT2D eigenvalue weighted by atomic mass is 10.1. The molecule has 0 aromatic heterocycles. The predicted molar refractivity (Wildman–Crippen MR) is 122 cm³/mol. The molecule has 2 N–H and O–H groups in total. The highest BCUT2D eigenvalue weighted by Crippen LogP contribution is 2.37. The minimum atomic E-state index is -3.98. The first kappa shape index (κ1) is 22.6. The van der Waals surface area contributed by atoms with Gasteiger partial charge in [0.05, 0.1) is 10.6 Å². The second kappa shape index (κ2) is 8.38. The normalized spacial score (nSPS) is 20.9. The lowest BCUT2D eigenvalue weighted by Crippen LogP contribution is -2.43. The molecule has 0 aliphatic carbocycles. The molecule has 0 radical (unpaired) electrons. The van der Waals surface area contributed by atoms with Crippen molar-refractivity contribution in [3.8, 4) is 5.75 Å². The Hall–Kier alpha value is -2.62. The van der Waals surface area contributed by atoms with Crippen LogP contribution in [0.4, 0.5) is 11.4 Å². The van der Waals surface area contributed by atoms with E-state index in [1.54, 1.807) is 38.1 Å². The number of amides is 2. The second-order valence-electron chi connectivity index (χ2n) is 8.09. The molecule has 2 atom stereocenters. The Labute approximate surface area is 191 Å². The quantitative estimate of drug-likeness (QED) is 0.701. The van der Waals surface area contributed by atoms with E-state index in [0.717, 1.165) is 5.56 Å². The Morgan fingerprint density at radius 3 is 2.72 bits per heavy atom. The van der Waals surface area contributed by atoms with Crippen LogP contribution in [0.2, 0.25) is 5.02 Å². The van der Waals surface area contributed by atoms with Gasteiger partial charge >= 0.3 is 0 Å². The third kappa shape index (κ3) is 4.07. The van der Waals surface area contributed by atoms with Gasteiger partial charge in [-0.3, -0.25) is 9.59 Å². The molecule has 32 heavy (non-hydrogen) atoms. The van der Waals surface area contributed by atoms with Crippen LogP contribution < -0.4 is 15.4 Å². The van der Waals surface area contributed by atoms with E-state index in [9.17, 15) is 18.0 Å². The summed E-state index contributed by atoms with van der Waals surface area (Å²) in [7, 11) is -3.98. The van der Waals surface area contributed by atoms with Crippen LogP contribution in [0.15, 0.2) is 35.2 Å². The van der Waals surface area contributed by atoms with Crippen molar-refractivity contribution in [1.29, 1.82) is 0 Å². The number of halogens is 1. The van der Waals surface area contributed by atoms with E-state index in [-0.39, 0.29) is 23.1 Å². The Morgan fingerprint density at radius 1 is 1.22 bits per heavy atom. The van der Waals surface area contributed by atoms with Gasteiger partial charge in [-0.1, -0.05) is 17.7 Å². The van der Waals surface area contributed by atoms with Crippen molar-refractivity contribution in [2.24, 2.45) is 0 Å². The Kier molecular flexibility index (Phi) is 5.91. The molecular formula is C22H24ClN3O5S. The summed E-state index contributed by atoms with van der Waals surface area (Å²) in [5.74, 6) is -0.402. The molecular weight excluding hydrogens is 454 g/mol. The van der Waals surface area contributed by atoms with Crippen molar-refractivity contribution in [1.82, 2.24) is 4.31 Å². The molecule has 2 heterocycles. The molecule has 0 spiro atoms. The van der Waals surface area contributed by atoms with Crippen molar-refractivity contribution in [3.63, 3.8) is 0 Å².